The van der Waals surface area contributed by atoms with E-state index in [1.807, 2.05) is 10.6 Å². The molecule has 2 aromatic rings. The van der Waals surface area contributed by atoms with E-state index in [9.17, 15) is 9.59 Å². The molecule has 0 aliphatic heterocycles. The summed E-state index contributed by atoms with van der Waals surface area (Å²) in [6.07, 6.45) is 4.51. The van der Waals surface area contributed by atoms with Crippen LogP contribution in [0.3, 0.4) is 0 Å². The second-order valence-electron chi connectivity index (χ2n) is 6.23. The molecule has 0 spiro atoms. The van der Waals surface area contributed by atoms with Gasteiger partial charge >= 0.3 is 5.69 Å². The minimum atomic E-state index is -0.353. The molecule has 0 fully saturated rings. The van der Waals surface area contributed by atoms with Crippen LogP contribution in [-0.4, -0.2) is 37.8 Å². The van der Waals surface area contributed by atoms with Crippen molar-refractivity contribution in [2.24, 2.45) is 14.1 Å². The molecule has 7 nitrogen and oxygen atoms in total. The van der Waals surface area contributed by atoms with Gasteiger partial charge in [-0.1, -0.05) is 6.58 Å². The number of halogens is 1. The molecule has 0 aliphatic rings. The van der Waals surface area contributed by atoms with Crippen molar-refractivity contribution in [3.8, 4) is 0 Å². The fourth-order valence-electron chi connectivity index (χ4n) is 2.85. The van der Waals surface area contributed by atoms with E-state index < -0.39 is 0 Å². The molecule has 0 saturated carbocycles. The predicted molar refractivity (Wildman–Crippen MR) is 90.9 cm³/mol. The molecule has 2 rings (SSSR count). The Kier molecular flexibility index (Phi) is 6.98. The van der Waals surface area contributed by atoms with Crippen molar-refractivity contribution < 1.29 is 17.3 Å². The first kappa shape index (κ1) is 20.2. The van der Waals surface area contributed by atoms with Crippen LogP contribution in [0, 0.1) is 0 Å². The van der Waals surface area contributed by atoms with Crippen LogP contribution >= 0.6 is 0 Å². The first-order valence-electron chi connectivity index (χ1n) is 7.94. The Labute approximate surface area is 147 Å². The highest BCUT2D eigenvalue weighted by Crippen LogP contribution is 2.05. The molecule has 0 radical (unpaired) electrons. The van der Waals surface area contributed by atoms with E-state index in [1.165, 1.54) is 16.5 Å². The number of fused-ring (bicyclic) bond motifs is 1. The molecule has 0 bridgehead atoms. The lowest BCUT2D eigenvalue weighted by atomic mass is 10.2. The minimum Gasteiger partial charge on any atom is -1.00 e. The zero-order valence-corrected chi connectivity index (χ0v) is 15.5. The van der Waals surface area contributed by atoms with E-state index in [4.69, 9.17) is 0 Å². The molecule has 24 heavy (non-hydrogen) atoms. The number of hydrogen-bond donors (Lipinski definition) is 1. The first-order valence-corrected chi connectivity index (χ1v) is 7.94. The number of nitrogens with zero attached hydrogens (tertiary/aromatic N) is 4. The largest absolute Gasteiger partial charge is 1.00 e. The van der Waals surface area contributed by atoms with Crippen molar-refractivity contribution in [1.82, 2.24) is 18.7 Å². The van der Waals surface area contributed by atoms with Crippen molar-refractivity contribution >= 4 is 11.2 Å². The van der Waals surface area contributed by atoms with Gasteiger partial charge in [0.2, 0.25) is 0 Å². The van der Waals surface area contributed by atoms with Crippen LogP contribution in [0.2, 0.25) is 0 Å². The zero-order chi connectivity index (χ0) is 17.1. The molecule has 1 atom stereocenters. The second-order valence-corrected chi connectivity index (χ2v) is 6.23. The van der Waals surface area contributed by atoms with Gasteiger partial charge in [-0.05, 0) is 19.9 Å². The number of hydrogen-bond acceptors (Lipinski definition) is 3. The summed E-state index contributed by atoms with van der Waals surface area (Å²) in [7, 11) is 3.13. The van der Waals surface area contributed by atoms with Gasteiger partial charge < -0.3 is 21.9 Å². The van der Waals surface area contributed by atoms with Gasteiger partial charge in [0.25, 0.3) is 5.56 Å². The van der Waals surface area contributed by atoms with E-state index in [1.54, 1.807) is 13.4 Å². The summed E-state index contributed by atoms with van der Waals surface area (Å²) in [5.41, 5.74) is 0.288. The Hall–Kier alpha value is -1.86. The smallest absolute Gasteiger partial charge is 0.332 e. The number of quaternary nitrogens is 1. The molecule has 0 amide bonds. The van der Waals surface area contributed by atoms with Crippen molar-refractivity contribution in [2.45, 2.75) is 32.9 Å². The maximum atomic E-state index is 12.4. The van der Waals surface area contributed by atoms with E-state index in [0.29, 0.717) is 23.8 Å². The van der Waals surface area contributed by atoms with Gasteiger partial charge in [-0.2, -0.15) is 0 Å². The van der Waals surface area contributed by atoms with Crippen LogP contribution in [0.25, 0.3) is 11.2 Å². The SMILES string of the molecule is C=CC[NH+](CCCn1cnc2c1c(=O)n(C)c(=O)n2C)C(C)C.[Cl-]. The van der Waals surface area contributed by atoms with Gasteiger partial charge in [-0.15, -0.1) is 0 Å². The summed E-state index contributed by atoms with van der Waals surface area (Å²) in [5, 5.41) is 0. The third-order valence-corrected chi connectivity index (χ3v) is 4.34. The number of rotatable bonds is 7. The van der Waals surface area contributed by atoms with Crippen LogP contribution < -0.4 is 28.6 Å². The molecular weight excluding hydrogens is 330 g/mol. The molecule has 1 N–H and O–H groups in total. The van der Waals surface area contributed by atoms with Gasteiger partial charge in [0.15, 0.2) is 11.2 Å². The lowest BCUT2D eigenvalue weighted by Crippen LogP contribution is -3.14. The fraction of sp³-hybridized carbons (Fsp3) is 0.562. The highest BCUT2D eigenvalue weighted by molar-refractivity contribution is 5.69. The summed E-state index contributed by atoms with van der Waals surface area (Å²) in [4.78, 5) is 30.0. The van der Waals surface area contributed by atoms with Crippen LogP contribution in [0.4, 0.5) is 0 Å². The van der Waals surface area contributed by atoms with E-state index in [-0.39, 0.29) is 23.7 Å². The van der Waals surface area contributed by atoms with E-state index in [0.717, 1.165) is 24.1 Å². The Morgan fingerprint density at radius 1 is 1.29 bits per heavy atom. The fourth-order valence-corrected chi connectivity index (χ4v) is 2.85. The summed E-state index contributed by atoms with van der Waals surface area (Å²) < 4.78 is 4.39. The minimum absolute atomic E-state index is 0. The lowest BCUT2D eigenvalue weighted by Gasteiger charge is -2.22. The molecule has 0 aromatic carbocycles. The summed E-state index contributed by atoms with van der Waals surface area (Å²) >= 11 is 0. The van der Waals surface area contributed by atoms with E-state index >= 15 is 0 Å². The first-order chi connectivity index (χ1) is 10.9. The molecule has 2 aromatic heterocycles. The number of imidazole rings is 1. The monoisotopic (exact) mass is 355 g/mol. The Morgan fingerprint density at radius 2 is 1.96 bits per heavy atom. The Bertz CT molecular complexity index is 818. The summed E-state index contributed by atoms with van der Waals surface area (Å²) in [6.45, 7) is 10.8. The van der Waals surface area contributed by atoms with Gasteiger partial charge in [-0.25, -0.2) is 9.78 Å². The molecule has 0 aliphatic carbocycles. The van der Waals surface area contributed by atoms with Crippen molar-refractivity contribution in [3.05, 3.63) is 39.8 Å². The van der Waals surface area contributed by atoms with Gasteiger partial charge in [0, 0.05) is 27.1 Å². The maximum absolute atomic E-state index is 12.4. The third-order valence-electron chi connectivity index (χ3n) is 4.34. The number of aryl methyl sites for hydroxylation is 2. The van der Waals surface area contributed by atoms with E-state index in [2.05, 4.69) is 25.4 Å². The summed E-state index contributed by atoms with van der Waals surface area (Å²) in [5.74, 6) is 0. The molecule has 0 saturated heterocycles. The topological polar surface area (TPSA) is 66.3 Å². The van der Waals surface area contributed by atoms with Crippen LogP contribution in [0.5, 0.6) is 0 Å². The standard InChI is InChI=1S/C16H25N5O2.ClH/c1-6-8-20(12(2)3)9-7-10-21-11-17-14-13(21)15(22)19(5)16(23)18(14)4;/h6,11-12H,1,7-10H2,2-5H3;1H. The Balaban J connectivity index is 0.00000288. The van der Waals surface area contributed by atoms with Crippen molar-refractivity contribution in [3.63, 3.8) is 0 Å². The third kappa shape index (κ3) is 3.79. The molecule has 134 valence electrons. The highest BCUT2D eigenvalue weighted by atomic mass is 35.5. The molecule has 1 unspecified atom stereocenters. The Morgan fingerprint density at radius 3 is 2.54 bits per heavy atom. The molecule has 8 heteroatoms. The predicted octanol–water partition coefficient (Wildman–Crippen LogP) is -3.69. The van der Waals surface area contributed by atoms with Crippen LogP contribution in [0.1, 0.15) is 20.3 Å². The van der Waals surface area contributed by atoms with Crippen LogP contribution in [0.15, 0.2) is 28.6 Å². The normalized spacial score (nSPS) is 12.4. The van der Waals surface area contributed by atoms with Crippen molar-refractivity contribution in [1.29, 1.82) is 0 Å². The van der Waals surface area contributed by atoms with Gasteiger partial charge in [0.05, 0.1) is 25.5 Å². The van der Waals surface area contributed by atoms with Gasteiger partial charge in [-0.3, -0.25) is 13.9 Å². The van der Waals surface area contributed by atoms with Crippen LogP contribution in [-0.2, 0) is 20.6 Å². The molecule has 2 heterocycles. The zero-order valence-electron chi connectivity index (χ0n) is 14.8. The quantitative estimate of drug-likeness (QED) is 0.520. The van der Waals surface area contributed by atoms with Crippen molar-refractivity contribution in [2.75, 3.05) is 13.1 Å². The summed E-state index contributed by atoms with van der Waals surface area (Å²) in [6, 6.07) is 0.529. The van der Waals surface area contributed by atoms with Gasteiger partial charge in [0.1, 0.15) is 0 Å². The average Bonchev–Trinajstić information content (AvgIpc) is 2.94. The lowest BCUT2D eigenvalue weighted by molar-refractivity contribution is -0.916. The number of nitrogens with one attached hydrogen (secondary N) is 1. The number of aromatic nitrogens is 4. The maximum Gasteiger partial charge on any atom is 0.332 e. The average molecular weight is 356 g/mol. The molecular formula is C16H26ClN5O2. The highest BCUT2D eigenvalue weighted by Gasteiger charge is 2.15. The second kappa shape index (κ2) is 8.30.